The van der Waals surface area contributed by atoms with Gasteiger partial charge in [-0.25, -0.2) is 12.8 Å². The van der Waals surface area contributed by atoms with Gasteiger partial charge in [-0.3, -0.25) is 0 Å². The van der Waals surface area contributed by atoms with Gasteiger partial charge in [0, 0.05) is 11.3 Å². The van der Waals surface area contributed by atoms with E-state index in [1.54, 1.807) is 0 Å². The molecule has 0 heterocycles. The van der Waals surface area contributed by atoms with Crippen LogP contribution >= 0.6 is 0 Å². The van der Waals surface area contributed by atoms with Crippen molar-refractivity contribution in [1.29, 1.82) is 0 Å². The van der Waals surface area contributed by atoms with Crippen molar-refractivity contribution in [2.24, 2.45) is 5.92 Å². The molecule has 0 bridgehead atoms. The predicted octanol–water partition coefficient (Wildman–Crippen LogP) is 2.37. The molecule has 1 rings (SSSR count). The van der Waals surface area contributed by atoms with Gasteiger partial charge in [0.25, 0.3) is 0 Å². The molecule has 0 aliphatic heterocycles. The zero-order valence-electron chi connectivity index (χ0n) is 10.1. The first-order valence-electron chi connectivity index (χ1n) is 5.58. The second kappa shape index (κ2) is 5.49. The van der Waals surface area contributed by atoms with Crippen LogP contribution in [0.5, 0.6) is 0 Å². The highest BCUT2D eigenvalue weighted by atomic mass is 32.2. The van der Waals surface area contributed by atoms with Gasteiger partial charge in [0.05, 0.1) is 11.5 Å². The number of halogens is 1. The van der Waals surface area contributed by atoms with Crippen molar-refractivity contribution < 1.29 is 12.8 Å². The van der Waals surface area contributed by atoms with E-state index in [2.05, 4.69) is 0 Å². The fraction of sp³-hybridized carbons (Fsp3) is 0.500. The van der Waals surface area contributed by atoms with E-state index in [1.807, 2.05) is 13.8 Å². The van der Waals surface area contributed by atoms with Crippen LogP contribution in [-0.4, -0.2) is 14.2 Å². The standard InChI is InChI=1S/C12H18FNO2S/c1-3-9(2)7-17(15,16)8-10-4-5-11(14)6-12(10)13/h4-6,9H,3,7-8,14H2,1-2H3. The van der Waals surface area contributed by atoms with Crippen molar-refractivity contribution in [2.75, 3.05) is 11.5 Å². The second-order valence-electron chi connectivity index (χ2n) is 4.42. The number of rotatable bonds is 5. The van der Waals surface area contributed by atoms with E-state index in [1.165, 1.54) is 12.1 Å². The largest absolute Gasteiger partial charge is 0.399 e. The molecule has 2 N–H and O–H groups in total. The average molecular weight is 259 g/mol. The SMILES string of the molecule is CCC(C)CS(=O)(=O)Cc1ccc(N)cc1F. The van der Waals surface area contributed by atoms with Crippen LogP contribution in [-0.2, 0) is 15.6 Å². The van der Waals surface area contributed by atoms with Gasteiger partial charge in [-0.15, -0.1) is 0 Å². The molecule has 0 saturated heterocycles. The molecular weight excluding hydrogens is 241 g/mol. The predicted molar refractivity (Wildman–Crippen MR) is 67.8 cm³/mol. The quantitative estimate of drug-likeness (QED) is 0.826. The number of hydrogen-bond donors (Lipinski definition) is 1. The summed E-state index contributed by atoms with van der Waals surface area (Å²) in [6.07, 6.45) is 0.795. The van der Waals surface area contributed by atoms with Crippen molar-refractivity contribution >= 4 is 15.5 Å². The summed E-state index contributed by atoms with van der Waals surface area (Å²) >= 11 is 0. The zero-order valence-corrected chi connectivity index (χ0v) is 10.9. The number of hydrogen-bond acceptors (Lipinski definition) is 3. The number of sulfone groups is 1. The first-order chi connectivity index (χ1) is 7.84. The molecule has 96 valence electrons. The highest BCUT2D eigenvalue weighted by Gasteiger charge is 2.17. The van der Waals surface area contributed by atoms with Gasteiger partial charge in [0.2, 0.25) is 0 Å². The third kappa shape index (κ3) is 4.34. The average Bonchev–Trinajstić information content (AvgIpc) is 2.21. The van der Waals surface area contributed by atoms with Gasteiger partial charge in [0.1, 0.15) is 5.82 Å². The van der Waals surface area contributed by atoms with E-state index in [9.17, 15) is 12.8 Å². The molecule has 0 aliphatic rings. The Bertz CT molecular complexity index is 485. The Morgan fingerprint density at radius 3 is 2.59 bits per heavy atom. The van der Waals surface area contributed by atoms with Gasteiger partial charge in [0.15, 0.2) is 9.84 Å². The Morgan fingerprint density at radius 2 is 2.06 bits per heavy atom. The van der Waals surface area contributed by atoms with Gasteiger partial charge in [-0.05, 0) is 18.1 Å². The summed E-state index contributed by atoms with van der Waals surface area (Å²) in [6, 6.07) is 4.09. The highest BCUT2D eigenvalue weighted by Crippen LogP contribution is 2.17. The van der Waals surface area contributed by atoms with Crippen molar-refractivity contribution in [3.8, 4) is 0 Å². The van der Waals surface area contributed by atoms with Gasteiger partial charge >= 0.3 is 0 Å². The fourth-order valence-electron chi connectivity index (χ4n) is 1.53. The molecule has 0 radical (unpaired) electrons. The Kier molecular flexibility index (Phi) is 4.51. The summed E-state index contributed by atoms with van der Waals surface area (Å²) in [5, 5.41) is 0. The highest BCUT2D eigenvalue weighted by molar-refractivity contribution is 7.90. The second-order valence-corrected chi connectivity index (χ2v) is 6.53. The number of nitrogens with two attached hydrogens (primary N) is 1. The Labute approximate surface area is 102 Å². The molecule has 1 aromatic rings. The fourth-order valence-corrected chi connectivity index (χ4v) is 3.46. The monoisotopic (exact) mass is 259 g/mol. The van der Waals surface area contributed by atoms with E-state index < -0.39 is 15.7 Å². The smallest absolute Gasteiger partial charge is 0.154 e. The van der Waals surface area contributed by atoms with E-state index in [0.29, 0.717) is 5.69 Å². The molecule has 17 heavy (non-hydrogen) atoms. The first-order valence-corrected chi connectivity index (χ1v) is 7.40. The van der Waals surface area contributed by atoms with Crippen LogP contribution in [0.15, 0.2) is 18.2 Å². The molecule has 0 saturated carbocycles. The maximum Gasteiger partial charge on any atom is 0.154 e. The Balaban J connectivity index is 2.83. The van der Waals surface area contributed by atoms with Crippen molar-refractivity contribution in [1.82, 2.24) is 0 Å². The molecule has 1 unspecified atom stereocenters. The molecule has 0 spiro atoms. The van der Waals surface area contributed by atoms with E-state index >= 15 is 0 Å². The molecule has 1 atom stereocenters. The minimum Gasteiger partial charge on any atom is -0.399 e. The summed E-state index contributed by atoms with van der Waals surface area (Å²) in [5.74, 6) is -0.633. The molecule has 0 aromatic heterocycles. The Morgan fingerprint density at radius 1 is 1.41 bits per heavy atom. The summed E-state index contributed by atoms with van der Waals surface area (Å²) in [7, 11) is -3.26. The molecular formula is C12H18FNO2S. The first kappa shape index (κ1) is 14.0. The number of nitrogen functional groups attached to an aromatic ring is 1. The van der Waals surface area contributed by atoms with Crippen LogP contribution in [0.4, 0.5) is 10.1 Å². The number of anilines is 1. The molecule has 0 aliphatic carbocycles. The van der Waals surface area contributed by atoms with Crippen molar-refractivity contribution in [3.63, 3.8) is 0 Å². The maximum absolute atomic E-state index is 13.5. The zero-order chi connectivity index (χ0) is 13.1. The molecule has 5 heteroatoms. The molecule has 0 amide bonds. The topological polar surface area (TPSA) is 60.2 Å². The van der Waals surface area contributed by atoms with Crippen LogP contribution in [0.3, 0.4) is 0 Å². The third-order valence-corrected chi connectivity index (χ3v) is 4.52. The minimum absolute atomic E-state index is 0.0906. The van der Waals surface area contributed by atoms with E-state index in [0.717, 1.165) is 12.5 Å². The van der Waals surface area contributed by atoms with Crippen molar-refractivity contribution in [2.45, 2.75) is 26.0 Å². The van der Waals surface area contributed by atoms with Crippen LogP contribution in [0.2, 0.25) is 0 Å². The lowest BCUT2D eigenvalue weighted by Crippen LogP contribution is -2.16. The summed E-state index contributed by atoms with van der Waals surface area (Å²) < 4.78 is 37.1. The van der Waals surface area contributed by atoms with E-state index in [4.69, 9.17) is 5.73 Å². The lowest BCUT2D eigenvalue weighted by atomic mass is 10.2. The summed E-state index contributed by atoms with van der Waals surface area (Å²) in [5.41, 5.74) is 5.88. The minimum atomic E-state index is -3.26. The van der Waals surface area contributed by atoms with Crippen LogP contribution in [0, 0.1) is 11.7 Å². The normalized spacial score (nSPS) is 13.6. The number of benzene rings is 1. The van der Waals surface area contributed by atoms with Gasteiger partial charge in [-0.1, -0.05) is 26.3 Å². The Hall–Kier alpha value is -1.10. The third-order valence-electron chi connectivity index (χ3n) is 2.69. The summed E-state index contributed by atoms with van der Waals surface area (Å²) in [4.78, 5) is 0. The molecule has 0 fully saturated rings. The van der Waals surface area contributed by atoms with Gasteiger partial charge in [-0.2, -0.15) is 0 Å². The molecule has 3 nitrogen and oxygen atoms in total. The van der Waals surface area contributed by atoms with Crippen LogP contribution < -0.4 is 5.73 Å². The van der Waals surface area contributed by atoms with Crippen molar-refractivity contribution in [3.05, 3.63) is 29.6 Å². The lowest BCUT2D eigenvalue weighted by molar-refractivity contribution is 0.560. The maximum atomic E-state index is 13.5. The molecule has 1 aromatic carbocycles. The summed E-state index contributed by atoms with van der Waals surface area (Å²) in [6.45, 7) is 3.81. The van der Waals surface area contributed by atoms with Crippen LogP contribution in [0.25, 0.3) is 0 Å². The van der Waals surface area contributed by atoms with Crippen LogP contribution in [0.1, 0.15) is 25.8 Å². The van der Waals surface area contributed by atoms with E-state index in [-0.39, 0.29) is 23.0 Å². The lowest BCUT2D eigenvalue weighted by Gasteiger charge is -2.10. The van der Waals surface area contributed by atoms with Gasteiger partial charge < -0.3 is 5.73 Å².